The fourth-order valence-electron chi connectivity index (χ4n) is 3.43. The highest BCUT2D eigenvalue weighted by atomic mass is 16.2. The molecule has 3 rings (SSSR count). The van der Waals surface area contributed by atoms with Crippen molar-refractivity contribution >= 4 is 6.03 Å². The van der Waals surface area contributed by atoms with Crippen LogP contribution < -0.4 is 5.32 Å². The Morgan fingerprint density at radius 2 is 1.63 bits per heavy atom. The molecule has 1 aromatic carbocycles. The number of benzene rings is 1. The molecule has 1 aliphatic heterocycles. The lowest BCUT2D eigenvalue weighted by molar-refractivity contribution is 0.192. The van der Waals surface area contributed by atoms with Crippen molar-refractivity contribution in [1.29, 1.82) is 0 Å². The Labute approximate surface area is 115 Å². The minimum Gasteiger partial charge on any atom is -0.328 e. The highest BCUT2D eigenvalue weighted by Gasteiger charge is 2.38. The average Bonchev–Trinajstić information content (AvgIpc) is 3.11. The maximum absolute atomic E-state index is 12.4. The Morgan fingerprint density at radius 1 is 1.00 bits per heavy atom. The first-order valence-electron chi connectivity index (χ1n) is 7.43. The molecule has 2 aliphatic rings. The average molecular weight is 258 g/mol. The minimum atomic E-state index is -0.124. The Bertz CT molecular complexity index is 431. The molecular formula is C16H22N2O. The first kappa shape index (κ1) is 12.5. The topological polar surface area (TPSA) is 32.3 Å². The van der Waals surface area contributed by atoms with E-state index in [1.807, 2.05) is 11.0 Å². The summed E-state index contributed by atoms with van der Waals surface area (Å²) in [6.07, 6.45) is 6.83. The van der Waals surface area contributed by atoms with Gasteiger partial charge in [0, 0.05) is 13.1 Å². The third kappa shape index (κ3) is 2.46. The van der Waals surface area contributed by atoms with Crippen molar-refractivity contribution in [2.24, 2.45) is 0 Å². The predicted molar refractivity (Wildman–Crippen MR) is 75.9 cm³/mol. The van der Waals surface area contributed by atoms with Crippen molar-refractivity contribution in [1.82, 2.24) is 10.2 Å². The molecule has 3 nitrogen and oxygen atoms in total. The van der Waals surface area contributed by atoms with Crippen LogP contribution >= 0.6 is 0 Å². The first-order chi connectivity index (χ1) is 9.30. The Balaban J connectivity index is 1.79. The van der Waals surface area contributed by atoms with Crippen molar-refractivity contribution in [3.63, 3.8) is 0 Å². The second kappa shape index (κ2) is 5.24. The molecule has 0 unspecified atom stereocenters. The van der Waals surface area contributed by atoms with Gasteiger partial charge < -0.3 is 10.2 Å². The van der Waals surface area contributed by atoms with Gasteiger partial charge in [0.1, 0.15) is 0 Å². The summed E-state index contributed by atoms with van der Waals surface area (Å²) in [6, 6.07) is 10.6. The molecule has 3 heteroatoms. The van der Waals surface area contributed by atoms with Crippen molar-refractivity contribution in [2.45, 2.75) is 44.1 Å². The number of urea groups is 1. The van der Waals surface area contributed by atoms with Crippen molar-refractivity contribution in [3.8, 4) is 0 Å². The van der Waals surface area contributed by atoms with Crippen molar-refractivity contribution in [2.75, 3.05) is 13.1 Å². The smallest absolute Gasteiger partial charge is 0.318 e. The van der Waals surface area contributed by atoms with E-state index in [0.717, 1.165) is 38.8 Å². The number of nitrogens with zero attached hydrogens (tertiary/aromatic N) is 1. The summed E-state index contributed by atoms with van der Waals surface area (Å²) in [5.74, 6) is 0. The van der Waals surface area contributed by atoms with Crippen LogP contribution in [0.15, 0.2) is 30.3 Å². The van der Waals surface area contributed by atoms with Crippen LogP contribution in [-0.4, -0.2) is 24.0 Å². The van der Waals surface area contributed by atoms with Gasteiger partial charge in [-0.2, -0.15) is 0 Å². The van der Waals surface area contributed by atoms with Crippen LogP contribution in [0.4, 0.5) is 4.79 Å². The lowest BCUT2D eigenvalue weighted by Crippen LogP contribution is -2.49. The summed E-state index contributed by atoms with van der Waals surface area (Å²) in [7, 11) is 0. The van der Waals surface area contributed by atoms with Gasteiger partial charge in [0.05, 0.1) is 5.54 Å². The van der Waals surface area contributed by atoms with E-state index < -0.39 is 0 Å². The highest BCUT2D eigenvalue weighted by Crippen LogP contribution is 2.38. The molecule has 19 heavy (non-hydrogen) atoms. The molecule has 2 fully saturated rings. The second-order valence-corrected chi connectivity index (χ2v) is 5.78. The molecule has 0 spiro atoms. The molecule has 0 bridgehead atoms. The SMILES string of the molecule is O=C(NC1(c2ccccc2)CCCC1)N1CCCC1. The zero-order valence-electron chi connectivity index (χ0n) is 11.4. The number of rotatable bonds is 2. The van der Waals surface area contributed by atoms with Crippen LogP contribution in [0, 0.1) is 0 Å². The standard InChI is InChI=1S/C16H22N2O/c19-15(18-12-6-7-13-18)17-16(10-4-5-11-16)14-8-2-1-3-9-14/h1-3,8-9H,4-7,10-13H2,(H,17,19). The van der Waals surface area contributed by atoms with Gasteiger partial charge in [-0.3, -0.25) is 0 Å². The molecule has 0 radical (unpaired) electrons. The number of amides is 2. The monoisotopic (exact) mass is 258 g/mol. The molecule has 1 saturated carbocycles. The third-order valence-electron chi connectivity index (χ3n) is 4.52. The van der Waals surface area contributed by atoms with E-state index in [-0.39, 0.29) is 11.6 Å². The zero-order chi connectivity index (χ0) is 13.1. The molecule has 1 N–H and O–H groups in total. The molecule has 102 valence electrons. The normalized spacial score (nSPS) is 21.6. The lowest BCUT2D eigenvalue weighted by atomic mass is 9.88. The van der Waals surface area contributed by atoms with E-state index in [1.54, 1.807) is 0 Å². The molecule has 1 aliphatic carbocycles. The van der Waals surface area contributed by atoms with Crippen LogP contribution in [0.3, 0.4) is 0 Å². The Hall–Kier alpha value is -1.51. The summed E-state index contributed by atoms with van der Waals surface area (Å²) in [6.45, 7) is 1.83. The van der Waals surface area contributed by atoms with E-state index in [9.17, 15) is 4.79 Å². The Kier molecular flexibility index (Phi) is 3.45. The zero-order valence-corrected chi connectivity index (χ0v) is 11.4. The quantitative estimate of drug-likeness (QED) is 0.867. The summed E-state index contributed by atoms with van der Waals surface area (Å²) in [5.41, 5.74) is 1.14. The summed E-state index contributed by atoms with van der Waals surface area (Å²) >= 11 is 0. The van der Waals surface area contributed by atoms with E-state index in [4.69, 9.17) is 0 Å². The molecule has 1 saturated heterocycles. The van der Waals surface area contributed by atoms with Gasteiger partial charge in [-0.15, -0.1) is 0 Å². The number of nitrogens with one attached hydrogen (secondary N) is 1. The summed E-state index contributed by atoms with van der Waals surface area (Å²) in [4.78, 5) is 14.4. The summed E-state index contributed by atoms with van der Waals surface area (Å²) in [5, 5.41) is 3.34. The number of hydrogen-bond acceptors (Lipinski definition) is 1. The molecule has 2 amide bonds. The number of carbonyl (C=O) groups is 1. The molecule has 1 aromatic rings. The van der Waals surface area contributed by atoms with Gasteiger partial charge in [-0.05, 0) is 31.2 Å². The maximum Gasteiger partial charge on any atom is 0.318 e. The first-order valence-corrected chi connectivity index (χ1v) is 7.43. The van der Waals surface area contributed by atoms with Crippen LogP contribution in [0.25, 0.3) is 0 Å². The fraction of sp³-hybridized carbons (Fsp3) is 0.562. The Morgan fingerprint density at radius 3 is 2.26 bits per heavy atom. The van der Waals surface area contributed by atoms with Crippen LogP contribution in [0.5, 0.6) is 0 Å². The lowest BCUT2D eigenvalue weighted by Gasteiger charge is -2.33. The fourth-order valence-corrected chi connectivity index (χ4v) is 3.43. The van der Waals surface area contributed by atoms with E-state index in [0.29, 0.717) is 0 Å². The van der Waals surface area contributed by atoms with Gasteiger partial charge >= 0.3 is 6.03 Å². The van der Waals surface area contributed by atoms with Gasteiger partial charge in [0.2, 0.25) is 0 Å². The summed E-state index contributed by atoms with van der Waals surface area (Å²) < 4.78 is 0. The van der Waals surface area contributed by atoms with Gasteiger partial charge in [0.15, 0.2) is 0 Å². The molecule has 0 aromatic heterocycles. The predicted octanol–water partition coefficient (Wildman–Crippen LogP) is 3.26. The van der Waals surface area contributed by atoms with Gasteiger partial charge in [-0.1, -0.05) is 43.2 Å². The molecule has 1 heterocycles. The maximum atomic E-state index is 12.4. The number of likely N-dealkylation sites (tertiary alicyclic amines) is 1. The minimum absolute atomic E-state index is 0.124. The largest absolute Gasteiger partial charge is 0.328 e. The van der Waals surface area contributed by atoms with Crippen LogP contribution in [0.2, 0.25) is 0 Å². The van der Waals surface area contributed by atoms with Crippen molar-refractivity contribution in [3.05, 3.63) is 35.9 Å². The van der Waals surface area contributed by atoms with Gasteiger partial charge in [-0.25, -0.2) is 4.79 Å². The van der Waals surface area contributed by atoms with Crippen LogP contribution in [0.1, 0.15) is 44.1 Å². The molecule has 0 atom stereocenters. The molecular weight excluding hydrogens is 236 g/mol. The van der Waals surface area contributed by atoms with Crippen LogP contribution in [-0.2, 0) is 5.54 Å². The van der Waals surface area contributed by atoms with E-state index in [1.165, 1.54) is 18.4 Å². The third-order valence-corrected chi connectivity index (χ3v) is 4.52. The van der Waals surface area contributed by atoms with Crippen molar-refractivity contribution < 1.29 is 4.79 Å². The number of carbonyl (C=O) groups excluding carboxylic acids is 1. The second-order valence-electron chi connectivity index (χ2n) is 5.78. The van der Waals surface area contributed by atoms with E-state index in [2.05, 4.69) is 29.6 Å². The highest BCUT2D eigenvalue weighted by molar-refractivity contribution is 5.75. The van der Waals surface area contributed by atoms with E-state index >= 15 is 0 Å². The van der Waals surface area contributed by atoms with Gasteiger partial charge in [0.25, 0.3) is 0 Å². The number of hydrogen-bond donors (Lipinski definition) is 1.